The van der Waals surface area contributed by atoms with E-state index in [1.54, 1.807) is 0 Å². The normalized spacial score (nSPS) is 13.8. The second-order valence-corrected chi connectivity index (χ2v) is 6.42. The molecule has 1 rings (SSSR count). The quantitative estimate of drug-likeness (QED) is 0.872. The number of carbonyl (C=O) groups excluding carboxylic acids is 1. The maximum Gasteiger partial charge on any atom is 0.243 e. The number of amides is 1. The lowest BCUT2D eigenvalue weighted by Gasteiger charge is -2.25. The zero-order valence-electron chi connectivity index (χ0n) is 11.1. The Morgan fingerprint density at radius 3 is 2.47 bits per heavy atom. The van der Waals surface area contributed by atoms with Crippen molar-refractivity contribution in [3.63, 3.8) is 0 Å². The highest BCUT2D eigenvalue weighted by atomic mass is 32.1. The van der Waals surface area contributed by atoms with Crippen LogP contribution in [-0.4, -0.2) is 16.9 Å². The van der Waals surface area contributed by atoms with Crippen LogP contribution in [0.5, 0.6) is 0 Å². The van der Waals surface area contributed by atoms with Gasteiger partial charge in [0.1, 0.15) is 0 Å². The largest absolute Gasteiger partial charge is 0.319 e. The number of nitrogens with two attached hydrogens (primary N) is 1. The lowest BCUT2D eigenvalue weighted by atomic mass is 9.87. The summed E-state index contributed by atoms with van der Waals surface area (Å²) in [5.74, 6) is 0.190. The van der Waals surface area contributed by atoms with E-state index in [4.69, 9.17) is 5.73 Å². The molecule has 0 aliphatic carbocycles. The Morgan fingerprint density at radius 2 is 2.06 bits per heavy atom. The fourth-order valence-corrected chi connectivity index (χ4v) is 2.06. The molecule has 0 saturated carbocycles. The van der Waals surface area contributed by atoms with Gasteiger partial charge in [-0.15, -0.1) is 11.3 Å². The fourth-order valence-electron chi connectivity index (χ4n) is 1.19. The molecule has 4 nitrogen and oxygen atoms in total. The van der Waals surface area contributed by atoms with Crippen molar-refractivity contribution in [2.75, 3.05) is 5.32 Å². The van der Waals surface area contributed by atoms with Crippen molar-refractivity contribution in [3.05, 3.63) is 11.1 Å². The van der Waals surface area contributed by atoms with Gasteiger partial charge in [-0.25, -0.2) is 4.98 Å². The second-order valence-electron chi connectivity index (χ2n) is 5.57. The molecule has 0 spiro atoms. The SMILES string of the molecule is CC(C)c1csc(NC(=O)C(N)C(C)(C)C)n1. The van der Waals surface area contributed by atoms with Gasteiger partial charge in [0.05, 0.1) is 11.7 Å². The summed E-state index contributed by atoms with van der Waals surface area (Å²) in [5, 5.41) is 5.35. The predicted molar refractivity (Wildman–Crippen MR) is 72.3 cm³/mol. The van der Waals surface area contributed by atoms with Gasteiger partial charge in [-0.3, -0.25) is 4.79 Å². The Labute approximate surface area is 107 Å². The van der Waals surface area contributed by atoms with E-state index in [-0.39, 0.29) is 11.3 Å². The van der Waals surface area contributed by atoms with Gasteiger partial charge in [0.25, 0.3) is 0 Å². The summed E-state index contributed by atoms with van der Waals surface area (Å²) in [7, 11) is 0. The van der Waals surface area contributed by atoms with Crippen LogP contribution in [0, 0.1) is 5.41 Å². The Hall–Kier alpha value is -0.940. The van der Waals surface area contributed by atoms with Gasteiger partial charge >= 0.3 is 0 Å². The first-order valence-electron chi connectivity index (χ1n) is 5.73. The number of rotatable bonds is 3. The summed E-state index contributed by atoms with van der Waals surface area (Å²) in [6, 6.07) is -0.533. The van der Waals surface area contributed by atoms with Crippen LogP contribution >= 0.6 is 11.3 Å². The highest BCUT2D eigenvalue weighted by molar-refractivity contribution is 7.13. The third-order valence-corrected chi connectivity index (χ3v) is 3.34. The monoisotopic (exact) mass is 255 g/mol. The molecule has 1 heterocycles. The van der Waals surface area contributed by atoms with E-state index in [2.05, 4.69) is 24.1 Å². The number of thiazole rings is 1. The Morgan fingerprint density at radius 1 is 1.47 bits per heavy atom. The average molecular weight is 255 g/mol. The van der Waals surface area contributed by atoms with E-state index in [1.165, 1.54) is 11.3 Å². The lowest BCUT2D eigenvalue weighted by Crippen LogP contribution is -2.45. The summed E-state index contributed by atoms with van der Waals surface area (Å²) in [5.41, 5.74) is 6.62. The molecule has 17 heavy (non-hydrogen) atoms. The van der Waals surface area contributed by atoms with Crippen LogP contribution in [0.3, 0.4) is 0 Å². The van der Waals surface area contributed by atoms with E-state index >= 15 is 0 Å². The number of hydrogen-bond donors (Lipinski definition) is 2. The molecule has 0 aliphatic rings. The molecule has 5 heteroatoms. The first-order valence-corrected chi connectivity index (χ1v) is 6.61. The van der Waals surface area contributed by atoms with Gasteiger partial charge in [-0.2, -0.15) is 0 Å². The summed E-state index contributed by atoms with van der Waals surface area (Å²) in [4.78, 5) is 16.2. The highest BCUT2D eigenvalue weighted by Gasteiger charge is 2.27. The van der Waals surface area contributed by atoms with E-state index in [9.17, 15) is 4.79 Å². The molecular weight excluding hydrogens is 234 g/mol. The third kappa shape index (κ3) is 3.78. The van der Waals surface area contributed by atoms with Crippen molar-refractivity contribution in [2.24, 2.45) is 11.1 Å². The maximum atomic E-state index is 11.9. The Balaban J connectivity index is 2.68. The lowest BCUT2D eigenvalue weighted by molar-refractivity contribution is -0.119. The highest BCUT2D eigenvalue weighted by Crippen LogP contribution is 2.23. The van der Waals surface area contributed by atoms with Crippen LogP contribution in [0.1, 0.15) is 46.2 Å². The van der Waals surface area contributed by atoms with Crippen molar-refractivity contribution < 1.29 is 4.79 Å². The molecule has 0 aliphatic heterocycles. The molecule has 0 radical (unpaired) electrons. The zero-order valence-corrected chi connectivity index (χ0v) is 11.9. The maximum absolute atomic E-state index is 11.9. The predicted octanol–water partition coefficient (Wildman–Crippen LogP) is 2.58. The minimum Gasteiger partial charge on any atom is -0.319 e. The molecule has 0 saturated heterocycles. The van der Waals surface area contributed by atoms with E-state index in [0.717, 1.165) is 5.69 Å². The first-order chi connectivity index (χ1) is 7.71. The van der Waals surface area contributed by atoms with Gasteiger partial charge in [0.15, 0.2) is 5.13 Å². The first kappa shape index (κ1) is 14.1. The van der Waals surface area contributed by atoms with Crippen molar-refractivity contribution in [1.29, 1.82) is 0 Å². The van der Waals surface area contributed by atoms with Crippen molar-refractivity contribution >= 4 is 22.4 Å². The molecule has 96 valence electrons. The number of anilines is 1. The Bertz CT molecular complexity index is 393. The number of carbonyl (C=O) groups is 1. The smallest absolute Gasteiger partial charge is 0.243 e. The van der Waals surface area contributed by atoms with E-state index in [0.29, 0.717) is 11.0 Å². The van der Waals surface area contributed by atoms with Crippen molar-refractivity contribution in [3.8, 4) is 0 Å². The summed E-state index contributed by atoms with van der Waals surface area (Å²) in [6.07, 6.45) is 0. The van der Waals surface area contributed by atoms with Crippen LogP contribution < -0.4 is 11.1 Å². The summed E-state index contributed by atoms with van der Waals surface area (Å²) < 4.78 is 0. The molecule has 1 aromatic heterocycles. The van der Waals surface area contributed by atoms with Crippen LogP contribution in [-0.2, 0) is 4.79 Å². The van der Waals surface area contributed by atoms with Gasteiger partial charge in [-0.1, -0.05) is 34.6 Å². The fraction of sp³-hybridized carbons (Fsp3) is 0.667. The van der Waals surface area contributed by atoms with Gasteiger partial charge in [0, 0.05) is 5.38 Å². The van der Waals surface area contributed by atoms with E-state index in [1.807, 2.05) is 26.2 Å². The number of hydrogen-bond acceptors (Lipinski definition) is 4. The molecule has 1 unspecified atom stereocenters. The summed E-state index contributed by atoms with van der Waals surface area (Å²) >= 11 is 1.44. The molecule has 1 aromatic rings. The van der Waals surface area contributed by atoms with Crippen molar-refractivity contribution in [2.45, 2.75) is 46.6 Å². The van der Waals surface area contributed by atoms with Crippen LogP contribution in [0.4, 0.5) is 5.13 Å². The molecular formula is C12H21N3OS. The molecule has 1 atom stereocenters. The van der Waals surface area contributed by atoms with E-state index < -0.39 is 6.04 Å². The minimum atomic E-state index is -0.533. The third-order valence-electron chi connectivity index (χ3n) is 2.56. The number of nitrogens with zero attached hydrogens (tertiary/aromatic N) is 1. The molecule has 3 N–H and O–H groups in total. The topological polar surface area (TPSA) is 68.0 Å². The van der Waals surface area contributed by atoms with Crippen LogP contribution in [0.25, 0.3) is 0 Å². The zero-order chi connectivity index (χ0) is 13.2. The van der Waals surface area contributed by atoms with Gasteiger partial charge < -0.3 is 11.1 Å². The summed E-state index contributed by atoms with van der Waals surface area (Å²) in [6.45, 7) is 9.97. The molecule has 0 fully saturated rings. The van der Waals surface area contributed by atoms with Crippen molar-refractivity contribution in [1.82, 2.24) is 4.98 Å². The standard InChI is InChI=1S/C12H21N3OS/c1-7(2)8-6-17-11(14-8)15-10(16)9(13)12(3,4)5/h6-7,9H,13H2,1-5H3,(H,14,15,16). The van der Waals surface area contributed by atoms with Crippen LogP contribution in [0.2, 0.25) is 0 Å². The van der Waals surface area contributed by atoms with Gasteiger partial charge in [-0.05, 0) is 11.3 Å². The molecule has 0 aromatic carbocycles. The molecule has 1 amide bonds. The van der Waals surface area contributed by atoms with Gasteiger partial charge in [0.2, 0.25) is 5.91 Å². The Kier molecular flexibility index (Phi) is 4.27. The molecule has 0 bridgehead atoms. The number of aromatic nitrogens is 1. The average Bonchev–Trinajstić information content (AvgIpc) is 2.63. The second kappa shape index (κ2) is 5.14. The minimum absolute atomic E-state index is 0.179. The van der Waals surface area contributed by atoms with Crippen LogP contribution in [0.15, 0.2) is 5.38 Å². The number of nitrogens with one attached hydrogen (secondary N) is 1.